The number of benzene rings is 1. The van der Waals surface area contributed by atoms with Gasteiger partial charge in [-0.05, 0) is 31.0 Å². The third-order valence-electron chi connectivity index (χ3n) is 3.60. The number of carbonyl (C=O) groups is 1. The zero-order chi connectivity index (χ0) is 15.6. The summed E-state index contributed by atoms with van der Waals surface area (Å²) < 4.78 is 14.7. The van der Waals surface area contributed by atoms with Crippen molar-refractivity contribution in [2.45, 2.75) is 32.7 Å². The molecule has 1 aromatic carbocycles. The SMILES string of the molecule is CCC[C@H](C#N)N(C)C(=O)c1sc2cccc(F)c2c1C. The van der Waals surface area contributed by atoms with E-state index < -0.39 is 6.04 Å². The van der Waals surface area contributed by atoms with E-state index >= 15 is 0 Å². The van der Waals surface area contributed by atoms with Gasteiger partial charge in [0.2, 0.25) is 0 Å². The summed E-state index contributed by atoms with van der Waals surface area (Å²) >= 11 is 1.28. The van der Waals surface area contributed by atoms with Crippen molar-refractivity contribution >= 4 is 27.3 Å². The number of hydrogen-bond donors (Lipinski definition) is 0. The van der Waals surface area contributed by atoms with Gasteiger partial charge in [0.05, 0.1) is 10.9 Å². The largest absolute Gasteiger partial charge is 0.325 e. The quantitative estimate of drug-likeness (QED) is 0.853. The zero-order valence-corrected chi connectivity index (χ0v) is 13.1. The molecule has 3 nitrogen and oxygen atoms in total. The molecule has 2 rings (SSSR count). The molecule has 1 amide bonds. The minimum Gasteiger partial charge on any atom is -0.325 e. The van der Waals surface area contributed by atoms with E-state index in [1.807, 2.05) is 6.92 Å². The molecule has 0 saturated heterocycles. The van der Waals surface area contributed by atoms with Crippen molar-refractivity contribution in [2.75, 3.05) is 7.05 Å². The summed E-state index contributed by atoms with van der Waals surface area (Å²) in [7, 11) is 1.63. The van der Waals surface area contributed by atoms with Crippen LogP contribution >= 0.6 is 11.3 Å². The molecule has 2 aromatic rings. The Morgan fingerprint density at radius 1 is 1.52 bits per heavy atom. The predicted molar refractivity (Wildman–Crippen MR) is 82.9 cm³/mol. The third kappa shape index (κ3) is 2.77. The van der Waals surface area contributed by atoms with Crippen LogP contribution < -0.4 is 0 Å². The van der Waals surface area contributed by atoms with E-state index in [9.17, 15) is 14.4 Å². The summed E-state index contributed by atoms with van der Waals surface area (Å²) in [4.78, 5) is 14.6. The minimum absolute atomic E-state index is 0.215. The molecular weight excluding hydrogens is 287 g/mol. The van der Waals surface area contributed by atoms with Gasteiger partial charge in [0.25, 0.3) is 5.91 Å². The number of fused-ring (bicyclic) bond motifs is 1. The van der Waals surface area contributed by atoms with Crippen LogP contribution in [0.4, 0.5) is 4.39 Å². The highest BCUT2D eigenvalue weighted by Crippen LogP contribution is 2.33. The van der Waals surface area contributed by atoms with Gasteiger partial charge in [-0.3, -0.25) is 4.79 Å². The van der Waals surface area contributed by atoms with Gasteiger partial charge in [0.15, 0.2) is 0 Å². The molecule has 0 aliphatic heterocycles. The zero-order valence-electron chi connectivity index (χ0n) is 12.3. The lowest BCUT2D eigenvalue weighted by atomic mass is 10.1. The molecule has 0 spiro atoms. The first-order valence-corrected chi connectivity index (χ1v) is 7.67. The monoisotopic (exact) mass is 304 g/mol. The molecule has 0 radical (unpaired) electrons. The molecule has 5 heteroatoms. The maximum absolute atomic E-state index is 13.9. The second-order valence-electron chi connectivity index (χ2n) is 5.02. The Balaban J connectivity index is 2.42. The third-order valence-corrected chi connectivity index (χ3v) is 4.84. The van der Waals surface area contributed by atoms with Crippen LogP contribution in [0, 0.1) is 24.1 Å². The van der Waals surface area contributed by atoms with Gasteiger partial charge in [0, 0.05) is 17.1 Å². The van der Waals surface area contributed by atoms with Gasteiger partial charge in [0.1, 0.15) is 11.9 Å². The van der Waals surface area contributed by atoms with E-state index in [-0.39, 0.29) is 11.7 Å². The number of aryl methyl sites for hydroxylation is 1. The van der Waals surface area contributed by atoms with Crippen molar-refractivity contribution in [3.05, 3.63) is 34.5 Å². The average molecular weight is 304 g/mol. The molecule has 110 valence electrons. The fourth-order valence-electron chi connectivity index (χ4n) is 2.38. The molecular formula is C16H17FN2OS. The highest BCUT2D eigenvalue weighted by Gasteiger charge is 2.24. The number of carbonyl (C=O) groups excluding carboxylic acids is 1. The van der Waals surface area contributed by atoms with E-state index in [0.717, 1.165) is 11.1 Å². The highest BCUT2D eigenvalue weighted by molar-refractivity contribution is 7.21. The van der Waals surface area contributed by atoms with E-state index in [1.165, 1.54) is 22.3 Å². The fraction of sp³-hybridized carbons (Fsp3) is 0.375. The van der Waals surface area contributed by atoms with Crippen LogP contribution in [0.2, 0.25) is 0 Å². The Hall–Kier alpha value is -1.93. The molecule has 1 heterocycles. The predicted octanol–water partition coefficient (Wildman–Crippen LogP) is 4.11. The number of halogens is 1. The molecule has 0 unspecified atom stereocenters. The van der Waals surface area contributed by atoms with Crippen molar-refractivity contribution in [3.63, 3.8) is 0 Å². The summed E-state index contributed by atoms with van der Waals surface area (Å²) in [6.07, 6.45) is 1.47. The van der Waals surface area contributed by atoms with Gasteiger partial charge in [-0.25, -0.2) is 4.39 Å². The van der Waals surface area contributed by atoms with Crippen molar-refractivity contribution in [3.8, 4) is 6.07 Å². The maximum Gasteiger partial charge on any atom is 0.265 e. The van der Waals surface area contributed by atoms with Crippen LogP contribution in [-0.2, 0) is 0 Å². The van der Waals surface area contributed by atoms with E-state index in [2.05, 4.69) is 6.07 Å². The van der Waals surface area contributed by atoms with Crippen LogP contribution in [0.5, 0.6) is 0 Å². The Morgan fingerprint density at radius 2 is 2.24 bits per heavy atom. The molecule has 0 bridgehead atoms. The molecule has 0 saturated carbocycles. The standard InChI is InChI=1S/C16H17FN2OS/c1-4-6-11(9-18)19(3)16(20)15-10(2)14-12(17)7-5-8-13(14)21-15/h5,7-8,11H,4,6H2,1-3H3/t11-/m1/s1. The van der Waals surface area contributed by atoms with E-state index in [4.69, 9.17) is 0 Å². The molecule has 0 aliphatic rings. The van der Waals surface area contributed by atoms with Gasteiger partial charge in [-0.2, -0.15) is 5.26 Å². The summed E-state index contributed by atoms with van der Waals surface area (Å²) in [5, 5.41) is 9.68. The van der Waals surface area contributed by atoms with Gasteiger partial charge in [-0.15, -0.1) is 11.3 Å². The first kappa shape index (κ1) is 15.5. The lowest BCUT2D eigenvalue weighted by molar-refractivity contribution is 0.0763. The van der Waals surface area contributed by atoms with Crippen molar-refractivity contribution in [1.29, 1.82) is 5.26 Å². The minimum atomic E-state index is -0.447. The molecule has 0 N–H and O–H groups in total. The molecule has 0 fully saturated rings. The van der Waals surface area contributed by atoms with Crippen LogP contribution in [0.25, 0.3) is 10.1 Å². The molecule has 1 aromatic heterocycles. The van der Waals surface area contributed by atoms with Crippen LogP contribution in [-0.4, -0.2) is 23.9 Å². The normalized spacial score (nSPS) is 12.1. The van der Waals surface area contributed by atoms with Crippen LogP contribution in [0.15, 0.2) is 18.2 Å². The Kier molecular flexibility index (Phi) is 4.59. The van der Waals surface area contributed by atoms with Gasteiger partial charge >= 0.3 is 0 Å². The summed E-state index contributed by atoms with van der Waals surface area (Å²) in [6, 6.07) is 6.55. The first-order chi connectivity index (χ1) is 10.0. The Bertz CT molecular complexity index is 717. The van der Waals surface area contributed by atoms with E-state index in [0.29, 0.717) is 22.2 Å². The van der Waals surface area contributed by atoms with Crippen LogP contribution in [0.1, 0.15) is 35.0 Å². The first-order valence-electron chi connectivity index (χ1n) is 6.85. The maximum atomic E-state index is 13.9. The molecule has 0 aliphatic carbocycles. The Morgan fingerprint density at radius 3 is 2.81 bits per heavy atom. The lowest BCUT2D eigenvalue weighted by Gasteiger charge is -2.22. The molecule has 1 atom stereocenters. The number of amides is 1. The average Bonchev–Trinajstić information content (AvgIpc) is 2.81. The number of nitrogens with zero attached hydrogens (tertiary/aromatic N) is 2. The summed E-state index contributed by atoms with van der Waals surface area (Å²) in [6.45, 7) is 3.73. The smallest absolute Gasteiger partial charge is 0.265 e. The van der Waals surface area contributed by atoms with Crippen LogP contribution in [0.3, 0.4) is 0 Å². The number of nitriles is 1. The van der Waals surface area contributed by atoms with Crippen molar-refractivity contribution in [1.82, 2.24) is 4.90 Å². The summed E-state index contributed by atoms with van der Waals surface area (Å²) in [5.74, 6) is -0.526. The fourth-order valence-corrected chi connectivity index (χ4v) is 3.58. The summed E-state index contributed by atoms with van der Waals surface area (Å²) in [5.41, 5.74) is 0.651. The van der Waals surface area contributed by atoms with Crippen molar-refractivity contribution in [2.24, 2.45) is 0 Å². The lowest BCUT2D eigenvalue weighted by Crippen LogP contribution is -2.35. The van der Waals surface area contributed by atoms with Gasteiger partial charge < -0.3 is 4.90 Å². The number of hydrogen-bond acceptors (Lipinski definition) is 3. The van der Waals surface area contributed by atoms with Gasteiger partial charge in [-0.1, -0.05) is 19.4 Å². The topological polar surface area (TPSA) is 44.1 Å². The second kappa shape index (κ2) is 6.23. The van der Waals surface area contributed by atoms with Crippen molar-refractivity contribution < 1.29 is 9.18 Å². The molecule has 21 heavy (non-hydrogen) atoms. The van der Waals surface area contributed by atoms with E-state index in [1.54, 1.807) is 26.1 Å². The second-order valence-corrected chi connectivity index (χ2v) is 6.07. The number of thiophene rings is 1. The Labute approximate surface area is 127 Å². The highest BCUT2D eigenvalue weighted by atomic mass is 32.1. The number of rotatable bonds is 4.